The van der Waals surface area contributed by atoms with Gasteiger partial charge in [-0.25, -0.2) is 9.59 Å². The van der Waals surface area contributed by atoms with Crippen LogP contribution in [0.5, 0.6) is 0 Å². The van der Waals surface area contributed by atoms with Crippen LogP contribution in [0, 0.1) is 5.92 Å². The third kappa shape index (κ3) is 3.52. The molecule has 0 saturated heterocycles. The predicted octanol–water partition coefficient (Wildman–Crippen LogP) is 3.83. The van der Waals surface area contributed by atoms with Crippen LogP contribution in [0.25, 0.3) is 0 Å². The van der Waals surface area contributed by atoms with E-state index in [0.717, 1.165) is 12.8 Å². The minimum absolute atomic E-state index is 0.0309. The summed E-state index contributed by atoms with van der Waals surface area (Å²) in [5.74, 6) is -0.464. The molecule has 5 nitrogen and oxygen atoms in total. The third-order valence-corrected chi connectivity index (χ3v) is 4.32. The van der Waals surface area contributed by atoms with E-state index < -0.39 is 5.97 Å². The molecule has 108 valence electrons. The van der Waals surface area contributed by atoms with Crippen molar-refractivity contribution in [3.05, 3.63) is 26.6 Å². The zero-order valence-corrected chi connectivity index (χ0v) is 13.9. The van der Waals surface area contributed by atoms with Crippen LogP contribution in [0.4, 0.5) is 10.5 Å². The minimum atomic E-state index is -1.10. The topological polar surface area (TPSA) is 78.4 Å². The van der Waals surface area contributed by atoms with Crippen molar-refractivity contribution in [3.8, 4) is 0 Å². The second kappa shape index (κ2) is 6.13. The van der Waals surface area contributed by atoms with Crippen LogP contribution in [0.1, 0.15) is 30.1 Å². The van der Waals surface area contributed by atoms with Gasteiger partial charge in [-0.15, -0.1) is 0 Å². The Morgan fingerprint density at radius 1 is 1.30 bits per heavy atom. The molecule has 0 radical (unpaired) electrons. The van der Waals surface area contributed by atoms with Crippen molar-refractivity contribution in [2.24, 2.45) is 5.92 Å². The fourth-order valence-electron chi connectivity index (χ4n) is 2.22. The Morgan fingerprint density at radius 3 is 2.50 bits per heavy atom. The lowest BCUT2D eigenvalue weighted by Gasteiger charge is -2.33. The van der Waals surface area contributed by atoms with Gasteiger partial charge < -0.3 is 15.7 Å². The molecule has 1 saturated carbocycles. The lowest BCUT2D eigenvalue weighted by Crippen LogP contribution is -2.45. The first kappa shape index (κ1) is 15.3. The maximum atomic E-state index is 11.9. The maximum Gasteiger partial charge on any atom is 0.337 e. The highest BCUT2D eigenvalue weighted by atomic mass is 79.9. The Hall–Kier alpha value is -1.08. The van der Waals surface area contributed by atoms with E-state index >= 15 is 0 Å². The van der Waals surface area contributed by atoms with Gasteiger partial charge >= 0.3 is 12.0 Å². The van der Waals surface area contributed by atoms with E-state index in [9.17, 15) is 14.7 Å². The summed E-state index contributed by atoms with van der Waals surface area (Å²) in [5, 5.41) is 14.6. The van der Waals surface area contributed by atoms with Crippen LogP contribution in [0.15, 0.2) is 21.1 Å². The summed E-state index contributed by atoms with van der Waals surface area (Å²) in [6, 6.07) is 2.93. The number of benzene rings is 1. The lowest BCUT2D eigenvalue weighted by atomic mass is 9.82. The fourth-order valence-corrected chi connectivity index (χ4v) is 3.55. The Bertz CT molecular complexity index is 557. The molecule has 0 bridgehead atoms. The van der Waals surface area contributed by atoms with Crippen molar-refractivity contribution < 1.29 is 14.7 Å². The molecule has 2 rings (SSSR count). The van der Waals surface area contributed by atoms with E-state index in [1.165, 1.54) is 6.07 Å². The monoisotopic (exact) mass is 404 g/mol. The standard InChI is InChI=1S/C13H14Br2N2O3/c1-6-2-8(3-6)16-13(20)17-11-9(12(18)19)4-7(14)5-10(11)15/h4-6,8H,2-3H2,1H3,(H,18,19)(H2,16,17,20). The number of hydrogen-bond donors (Lipinski definition) is 3. The van der Waals surface area contributed by atoms with Gasteiger partial charge in [-0.1, -0.05) is 22.9 Å². The molecule has 1 aliphatic carbocycles. The molecule has 1 aliphatic rings. The highest BCUT2D eigenvalue weighted by Crippen LogP contribution is 2.31. The number of carboxylic acids is 1. The van der Waals surface area contributed by atoms with E-state index in [1.54, 1.807) is 6.07 Å². The molecule has 0 aliphatic heterocycles. The van der Waals surface area contributed by atoms with Crippen LogP contribution in [0.2, 0.25) is 0 Å². The molecule has 20 heavy (non-hydrogen) atoms. The number of carbonyl (C=O) groups excluding carboxylic acids is 1. The van der Waals surface area contributed by atoms with Crippen molar-refractivity contribution in [3.63, 3.8) is 0 Å². The quantitative estimate of drug-likeness (QED) is 0.714. The molecule has 1 aromatic carbocycles. The third-order valence-electron chi connectivity index (χ3n) is 3.23. The van der Waals surface area contributed by atoms with Gasteiger partial charge in [0.25, 0.3) is 0 Å². The average molecular weight is 406 g/mol. The predicted molar refractivity (Wildman–Crippen MR) is 83.1 cm³/mol. The number of rotatable bonds is 3. The van der Waals surface area contributed by atoms with Crippen molar-refractivity contribution in [1.82, 2.24) is 5.32 Å². The number of halogens is 2. The maximum absolute atomic E-state index is 11.9. The summed E-state index contributed by atoms with van der Waals surface area (Å²) >= 11 is 6.49. The molecule has 1 aromatic rings. The summed E-state index contributed by atoms with van der Waals surface area (Å²) in [6.45, 7) is 2.13. The summed E-state index contributed by atoms with van der Waals surface area (Å²) in [7, 11) is 0. The lowest BCUT2D eigenvalue weighted by molar-refractivity contribution is 0.0698. The highest BCUT2D eigenvalue weighted by molar-refractivity contribution is 9.11. The van der Waals surface area contributed by atoms with Gasteiger partial charge in [0.2, 0.25) is 0 Å². The zero-order chi connectivity index (χ0) is 14.9. The zero-order valence-electron chi connectivity index (χ0n) is 10.7. The Labute approximate surface area is 133 Å². The van der Waals surface area contributed by atoms with Gasteiger partial charge in [-0.2, -0.15) is 0 Å². The van der Waals surface area contributed by atoms with Gasteiger partial charge in [0.15, 0.2) is 0 Å². The first-order valence-corrected chi connectivity index (χ1v) is 7.75. The van der Waals surface area contributed by atoms with E-state index in [2.05, 4.69) is 49.4 Å². The Balaban J connectivity index is 2.12. The summed E-state index contributed by atoms with van der Waals surface area (Å²) in [6.07, 6.45) is 1.92. The van der Waals surface area contributed by atoms with Gasteiger partial charge in [0, 0.05) is 15.0 Å². The van der Waals surface area contributed by atoms with Crippen molar-refractivity contribution in [1.29, 1.82) is 0 Å². The van der Waals surface area contributed by atoms with Crippen molar-refractivity contribution >= 4 is 49.5 Å². The van der Waals surface area contributed by atoms with Gasteiger partial charge in [0.05, 0.1) is 11.3 Å². The molecular weight excluding hydrogens is 392 g/mol. The van der Waals surface area contributed by atoms with Crippen molar-refractivity contribution in [2.75, 3.05) is 5.32 Å². The second-order valence-electron chi connectivity index (χ2n) is 4.99. The van der Waals surface area contributed by atoms with Gasteiger partial charge in [-0.3, -0.25) is 0 Å². The van der Waals surface area contributed by atoms with E-state index in [-0.39, 0.29) is 23.3 Å². The summed E-state index contributed by atoms with van der Waals surface area (Å²) in [4.78, 5) is 23.1. The first-order valence-electron chi connectivity index (χ1n) is 6.16. The number of aromatic carboxylic acids is 1. The Morgan fingerprint density at radius 2 is 1.95 bits per heavy atom. The van der Waals surface area contributed by atoms with Crippen LogP contribution in [0.3, 0.4) is 0 Å². The van der Waals surface area contributed by atoms with Crippen molar-refractivity contribution in [2.45, 2.75) is 25.8 Å². The number of anilines is 1. The molecular formula is C13H14Br2N2O3. The number of amides is 2. The van der Waals surface area contributed by atoms with Crippen LogP contribution in [-0.4, -0.2) is 23.1 Å². The number of carboxylic acid groups (broad SMARTS) is 1. The summed E-state index contributed by atoms with van der Waals surface area (Å²) < 4.78 is 1.14. The number of hydrogen-bond acceptors (Lipinski definition) is 2. The molecule has 7 heteroatoms. The molecule has 0 atom stereocenters. The van der Waals surface area contributed by atoms with Crippen LogP contribution in [-0.2, 0) is 0 Å². The Kier molecular flexibility index (Phi) is 4.70. The number of carbonyl (C=O) groups is 2. The fraction of sp³-hybridized carbons (Fsp3) is 0.385. The summed E-state index contributed by atoms with van der Waals surface area (Å²) in [5.41, 5.74) is 0.286. The SMILES string of the molecule is CC1CC(NC(=O)Nc2c(Br)cc(Br)cc2C(=O)O)C1. The molecule has 2 amide bonds. The molecule has 0 heterocycles. The van der Waals surface area contributed by atoms with Gasteiger partial charge in [-0.05, 0) is 46.8 Å². The van der Waals surface area contributed by atoms with Crippen LogP contribution < -0.4 is 10.6 Å². The number of nitrogens with one attached hydrogen (secondary N) is 2. The van der Waals surface area contributed by atoms with Gasteiger partial charge in [0.1, 0.15) is 0 Å². The van der Waals surface area contributed by atoms with E-state index in [4.69, 9.17) is 0 Å². The molecule has 0 aromatic heterocycles. The smallest absolute Gasteiger partial charge is 0.337 e. The number of urea groups is 1. The molecule has 0 unspecified atom stereocenters. The largest absolute Gasteiger partial charge is 0.478 e. The first-order chi connectivity index (χ1) is 9.36. The molecule has 1 fully saturated rings. The minimum Gasteiger partial charge on any atom is -0.478 e. The molecule has 3 N–H and O–H groups in total. The normalized spacial score (nSPS) is 20.9. The average Bonchev–Trinajstić information content (AvgIpc) is 2.30. The van der Waals surface area contributed by atoms with E-state index in [0.29, 0.717) is 14.9 Å². The second-order valence-corrected chi connectivity index (χ2v) is 6.76. The van der Waals surface area contributed by atoms with E-state index in [1.807, 2.05) is 0 Å². The van der Waals surface area contributed by atoms with Crippen LogP contribution >= 0.6 is 31.9 Å². The highest BCUT2D eigenvalue weighted by Gasteiger charge is 2.27. The molecule has 0 spiro atoms.